The summed E-state index contributed by atoms with van der Waals surface area (Å²) < 4.78 is 42.7. The molecule has 0 heterocycles. The van der Waals surface area contributed by atoms with Crippen LogP contribution in [0.4, 0.5) is 18.9 Å². The summed E-state index contributed by atoms with van der Waals surface area (Å²) in [6.45, 7) is 4.62. The molecule has 19 heavy (non-hydrogen) atoms. The number of ether oxygens (including phenoxy) is 1. The summed E-state index contributed by atoms with van der Waals surface area (Å²) in [5.74, 6) is 0. The molecule has 0 aliphatic carbocycles. The second-order valence-electron chi connectivity index (χ2n) is 4.22. The molecule has 0 aliphatic rings. The fraction of sp³-hybridized carbons (Fsp3) is 0.462. The summed E-state index contributed by atoms with van der Waals surface area (Å²) in [6.07, 6.45) is -4.35. The summed E-state index contributed by atoms with van der Waals surface area (Å²) in [5, 5.41) is 11.7. The Morgan fingerprint density at radius 3 is 2.58 bits per heavy atom. The molecule has 0 saturated heterocycles. The first kappa shape index (κ1) is 15.3. The Hall–Kier alpha value is -1.74. The number of alkyl halides is 3. The molecule has 0 amide bonds. The monoisotopic (exact) mass is 272 g/mol. The average molecular weight is 272 g/mol. The second kappa shape index (κ2) is 6.43. The first-order valence-corrected chi connectivity index (χ1v) is 5.81. The molecular weight excluding hydrogens is 257 g/mol. The molecule has 0 radical (unpaired) electrons. The highest BCUT2D eigenvalue weighted by atomic mass is 19.4. The standard InChI is InChI=1S/C13H15F3N2O/c1-9(2)19-6-5-18-12-4-3-11(13(14,15)16)7-10(12)8-17/h3-4,7,9,18H,5-6H2,1-2H3. The van der Waals surface area contributed by atoms with Crippen molar-refractivity contribution < 1.29 is 17.9 Å². The van der Waals surface area contributed by atoms with E-state index in [1.807, 2.05) is 13.8 Å². The topological polar surface area (TPSA) is 45.0 Å². The van der Waals surface area contributed by atoms with E-state index in [-0.39, 0.29) is 11.7 Å². The minimum atomic E-state index is -4.44. The molecule has 0 aromatic heterocycles. The van der Waals surface area contributed by atoms with Crippen LogP contribution >= 0.6 is 0 Å². The number of nitriles is 1. The van der Waals surface area contributed by atoms with Gasteiger partial charge in [-0.2, -0.15) is 18.4 Å². The maximum Gasteiger partial charge on any atom is 0.416 e. The highest BCUT2D eigenvalue weighted by Crippen LogP contribution is 2.31. The largest absolute Gasteiger partial charge is 0.416 e. The zero-order chi connectivity index (χ0) is 14.5. The number of hydrogen-bond acceptors (Lipinski definition) is 3. The third-order valence-corrected chi connectivity index (χ3v) is 2.34. The normalized spacial score (nSPS) is 11.4. The fourth-order valence-electron chi connectivity index (χ4n) is 1.45. The van der Waals surface area contributed by atoms with E-state index < -0.39 is 11.7 Å². The van der Waals surface area contributed by atoms with Gasteiger partial charge in [-0.05, 0) is 32.0 Å². The lowest BCUT2D eigenvalue weighted by Gasteiger charge is -2.12. The number of benzene rings is 1. The van der Waals surface area contributed by atoms with Crippen molar-refractivity contribution in [2.24, 2.45) is 0 Å². The zero-order valence-electron chi connectivity index (χ0n) is 10.7. The Balaban J connectivity index is 2.72. The summed E-state index contributed by atoms with van der Waals surface area (Å²) >= 11 is 0. The van der Waals surface area contributed by atoms with E-state index in [0.717, 1.165) is 12.1 Å². The van der Waals surface area contributed by atoms with E-state index in [9.17, 15) is 13.2 Å². The number of rotatable bonds is 5. The Labute approximate surface area is 110 Å². The number of nitrogens with zero attached hydrogens (tertiary/aromatic N) is 1. The Bertz CT molecular complexity index is 464. The first-order chi connectivity index (χ1) is 8.84. The molecule has 0 atom stereocenters. The van der Waals surface area contributed by atoms with Gasteiger partial charge >= 0.3 is 6.18 Å². The molecule has 0 fully saturated rings. The summed E-state index contributed by atoms with van der Waals surface area (Å²) in [6, 6.07) is 4.80. The molecule has 0 spiro atoms. The van der Waals surface area contributed by atoms with Gasteiger partial charge in [0, 0.05) is 6.54 Å². The lowest BCUT2D eigenvalue weighted by atomic mass is 10.1. The van der Waals surface area contributed by atoms with Crippen LogP contribution in [0.2, 0.25) is 0 Å². The fourth-order valence-corrected chi connectivity index (χ4v) is 1.45. The predicted octanol–water partition coefficient (Wildman–Crippen LogP) is 3.41. The van der Waals surface area contributed by atoms with Gasteiger partial charge in [0.15, 0.2) is 0 Å². The number of anilines is 1. The van der Waals surface area contributed by atoms with Crippen molar-refractivity contribution in [1.29, 1.82) is 5.26 Å². The maximum atomic E-state index is 12.5. The van der Waals surface area contributed by atoms with Gasteiger partial charge in [0.2, 0.25) is 0 Å². The van der Waals surface area contributed by atoms with Gasteiger partial charge in [-0.1, -0.05) is 0 Å². The average Bonchev–Trinajstić information content (AvgIpc) is 2.33. The van der Waals surface area contributed by atoms with Crippen LogP contribution in [0.1, 0.15) is 25.0 Å². The van der Waals surface area contributed by atoms with Gasteiger partial charge in [0.1, 0.15) is 6.07 Å². The minimum Gasteiger partial charge on any atom is -0.382 e. The van der Waals surface area contributed by atoms with E-state index in [4.69, 9.17) is 10.00 Å². The van der Waals surface area contributed by atoms with Crippen LogP contribution in [-0.2, 0) is 10.9 Å². The molecule has 1 aromatic rings. The van der Waals surface area contributed by atoms with Gasteiger partial charge in [0.05, 0.1) is 29.5 Å². The molecule has 3 nitrogen and oxygen atoms in total. The lowest BCUT2D eigenvalue weighted by Crippen LogP contribution is -2.14. The van der Waals surface area contributed by atoms with Crippen LogP contribution in [0.15, 0.2) is 18.2 Å². The van der Waals surface area contributed by atoms with Crippen molar-refractivity contribution in [1.82, 2.24) is 0 Å². The van der Waals surface area contributed by atoms with Crippen molar-refractivity contribution in [3.8, 4) is 6.07 Å². The molecule has 104 valence electrons. The number of hydrogen-bond donors (Lipinski definition) is 1. The lowest BCUT2D eigenvalue weighted by molar-refractivity contribution is -0.137. The summed E-state index contributed by atoms with van der Waals surface area (Å²) in [7, 11) is 0. The van der Waals surface area contributed by atoms with Gasteiger partial charge < -0.3 is 10.1 Å². The highest BCUT2D eigenvalue weighted by Gasteiger charge is 2.30. The van der Waals surface area contributed by atoms with Gasteiger partial charge in [-0.25, -0.2) is 0 Å². The van der Waals surface area contributed by atoms with Crippen molar-refractivity contribution in [2.75, 3.05) is 18.5 Å². The van der Waals surface area contributed by atoms with Crippen LogP contribution in [0.25, 0.3) is 0 Å². The molecule has 1 aromatic carbocycles. The van der Waals surface area contributed by atoms with E-state index in [0.29, 0.717) is 18.8 Å². The molecule has 0 unspecified atom stereocenters. The van der Waals surface area contributed by atoms with Crippen LogP contribution in [-0.4, -0.2) is 19.3 Å². The molecule has 0 bridgehead atoms. The third-order valence-electron chi connectivity index (χ3n) is 2.34. The van der Waals surface area contributed by atoms with E-state index in [2.05, 4.69) is 5.32 Å². The second-order valence-corrected chi connectivity index (χ2v) is 4.22. The van der Waals surface area contributed by atoms with Crippen LogP contribution in [0.5, 0.6) is 0 Å². The first-order valence-electron chi connectivity index (χ1n) is 5.81. The van der Waals surface area contributed by atoms with Gasteiger partial charge in [-0.15, -0.1) is 0 Å². The van der Waals surface area contributed by atoms with E-state index in [1.54, 1.807) is 6.07 Å². The number of nitrogens with one attached hydrogen (secondary N) is 1. The molecule has 1 N–H and O–H groups in total. The third kappa shape index (κ3) is 4.79. The van der Waals surface area contributed by atoms with Crippen molar-refractivity contribution in [2.45, 2.75) is 26.1 Å². The summed E-state index contributed by atoms with van der Waals surface area (Å²) in [4.78, 5) is 0. The van der Waals surface area contributed by atoms with Crippen LogP contribution in [0, 0.1) is 11.3 Å². The van der Waals surface area contributed by atoms with Gasteiger partial charge in [-0.3, -0.25) is 0 Å². The molecular formula is C13H15F3N2O. The predicted molar refractivity (Wildman–Crippen MR) is 65.7 cm³/mol. The summed E-state index contributed by atoms with van der Waals surface area (Å²) in [5.41, 5.74) is -0.477. The number of halogens is 3. The molecule has 0 aliphatic heterocycles. The smallest absolute Gasteiger partial charge is 0.382 e. The Kier molecular flexibility index (Phi) is 5.19. The van der Waals surface area contributed by atoms with Crippen LogP contribution < -0.4 is 5.32 Å². The van der Waals surface area contributed by atoms with Crippen molar-refractivity contribution in [3.63, 3.8) is 0 Å². The van der Waals surface area contributed by atoms with Crippen molar-refractivity contribution >= 4 is 5.69 Å². The Morgan fingerprint density at radius 1 is 1.37 bits per heavy atom. The van der Waals surface area contributed by atoms with Crippen molar-refractivity contribution in [3.05, 3.63) is 29.3 Å². The highest BCUT2D eigenvalue weighted by molar-refractivity contribution is 5.58. The minimum absolute atomic E-state index is 0.0284. The van der Waals surface area contributed by atoms with Crippen LogP contribution in [0.3, 0.4) is 0 Å². The molecule has 1 rings (SSSR count). The SMILES string of the molecule is CC(C)OCCNc1ccc(C(F)(F)F)cc1C#N. The molecule has 6 heteroatoms. The van der Waals surface area contributed by atoms with E-state index in [1.165, 1.54) is 6.07 Å². The van der Waals surface area contributed by atoms with E-state index >= 15 is 0 Å². The maximum absolute atomic E-state index is 12.5. The molecule has 0 saturated carbocycles. The quantitative estimate of drug-likeness (QED) is 0.835. The van der Waals surface area contributed by atoms with Gasteiger partial charge in [0.25, 0.3) is 0 Å². The zero-order valence-corrected chi connectivity index (χ0v) is 10.7. The Morgan fingerprint density at radius 2 is 2.05 bits per heavy atom.